The Hall–Kier alpha value is -2.20. The van der Waals surface area contributed by atoms with E-state index in [9.17, 15) is 0 Å². The van der Waals surface area contributed by atoms with Crippen molar-refractivity contribution in [2.24, 2.45) is 0 Å². The Morgan fingerprint density at radius 2 is 1.62 bits per heavy atom. The van der Waals surface area contributed by atoms with Crippen LogP contribution in [0.3, 0.4) is 0 Å². The average molecular weight is 398 g/mol. The first-order chi connectivity index (χ1) is 13.8. The molecular formula is C25H35NO3. The van der Waals surface area contributed by atoms with Crippen LogP contribution in [0.2, 0.25) is 0 Å². The summed E-state index contributed by atoms with van der Waals surface area (Å²) in [5, 5.41) is 3.72. The molecule has 0 saturated carbocycles. The molecule has 1 aliphatic heterocycles. The van der Waals surface area contributed by atoms with Crippen LogP contribution in [0.5, 0.6) is 17.2 Å². The number of methoxy groups -OCH3 is 1. The highest BCUT2D eigenvalue weighted by Gasteiger charge is 2.30. The average Bonchev–Trinajstić information content (AvgIpc) is 2.67. The molecule has 0 fully saturated rings. The third-order valence-corrected chi connectivity index (χ3v) is 5.44. The van der Waals surface area contributed by atoms with Gasteiger partial charge in [0.1, 0.15) is 5.75 Å². The van der Waals surface area contributed by atoms with Crippen molar-refractivity contribution in [2.75, 3.05) is 26.9 Å². The molecule has 0 bridgehead atoms. The number of fused-ring (bicyclic) bond motifs is 1. The topological polar surface area (TPSA) is 39.7 Å². The minimum Gasteiger partial charge on any atom is -0.496 e. The predicted molar refractivity (Wildman–Crippen MR) is 119 cm³/mol. The van der Waals surface area contributed by atoms with Crippen LogP contribution in [0, 0.1) is 6.92 Å². The summed E-state index contributed by atoms with van der Waals surface area (Å²) >= 11 is 0. The van der Waals surface area contributed by atoms with Gasteiger partial charge < -0.3 is 19.5 Å². The van der Waals surface area contributed by atoms with Crippen molar-refractivity contribution in [2.45, 2.75) is 59.4 Å². The molecular weight excluding hydrogens is 362 g/mol. The summed E-state index contributed by atoms with van der Waals surface area (Å²) in [5.41, 5.74) is 6.22. The van der Waals surface area contributed by atoms with Crippen LogP contribution in [0.4, 0.5) is 0 Å². The number of hydrogen-bond donors (Lipinski definition) is 1. The Bertz CT molecular complexity index is 867. The standard InChI is InChI=1S/C25H35NO3/c1-8-28-21-14-17-10-11-26-23(18(17)15-22(21)29-9-2)19-12-16(3)13-20(24(19)27-7)25(4,5)6/h12-15,23,26H,8-11H2,1-7H3. The van der Waals surface area contributed by atoms with E-state index in [-0.39, 0.29) is 11.5 Å². The summed E-state index contributed by atoms with van der Waals surface area (Å²) in [7, 11) is 1.77. The molecule has 1 aliphatic rings. The van der Waals surface area contributed by atoms with Gasteiger partial charge in [-0.15, -0.1) is 0 Å². The van der Waals surface area contributed by atoms with Gasteiger partial charge in [-0.05, 0) is 55.9 Å². The molecule has 1 atom stereocenters. The number of benzene rings is 2. The lowest BCUT2D eigenvalue weighted by Crippen LogP contribution is -2.31. The van der Waals surface area contributed by atoms with Crippen LogP contribution in [-0.4, -0.2) is 26.9 Å². The van der Waals surface area contributed by atoms with Gasteiger partial charge in [0.15, 0.2) is 11.5 Å². The number of aryl methyl sites for hydroxylation is 1. The largest absolute Gasteiger partial charge is 0.496 e. The number of nitrogens with one attached hydrogen (secondary N) is 1. The van der Waals surface area contributed by atoms with Crippen molar-refractivity contribution in [3.05, 3.63) is 52.1 Å². The van der Waals surface area contributed by atoms with E-state index in [4.69, 9.17) is 14.2 Å². The predicted octanol–water partition coefficient (Wildman–Crippen LogP) is 5.33. The fraction of sp³-hybridized carbons (Fsp3) is 0.520. The van der Waals surface area contributed by atoms with Gasteiger partial charge in [-0.25, -0.2) is 0 Å². The van der Waals surface area contributed by atoms with Crippen LogP contribution in [-0.2, 0) is 11.8 Å². The lowest BCUT2D eigenvalue weighted by Gasteiger charge is -2.32. The van der Waals surface area contributed by atoms with Gasteiger partial charge in [0, 0.05) is 17.7 Å². The maximum absolute atomic E-state index is 5.97. The zero-order chi connectivity index (χ0) is 21.2. The van der Waals surface area contributed by atoms with E-state index in [2.05, 4.69) is 57.3 Å². The van der Waals surface area contributed by atoms with Crippen molar-refractivity contribution in [3.8, 4) is 17.2 Å². The molecule has 1 heterocycles. The first-order valence-electron chi connectivity index (χ1n) is 10.6. The van der Waals surface area contributed by atoms with Crippen LogP contribution in [0.1, 0.15) is 68.5 Å². The third kappa shape index (κ3) is 4.37. The normalized spacial score (nSPS) is 16.3. The maximum Gasteiger partial charge on any atom is 0.161 e. The molecule has 29 heavy (non-hydrogen) atoms. The number of ether oxygens (including phenoxy) is 3. The molecule has 2 aromatic carbocycles. The molecule has 0 radical (unpaired) electrons. The molecule has 0 amide bonds. The van der Waals surface area contributed by atoms with Crippen molar-refractivity contribution in [1.29, 1.82) is 0 Å². The summed E-state index contributed by atoms with van der Waals surface area (Å²) in [6.07, 6.45) is 0.971. The van der Waals surface area contributed by atoms with Crippen molar-refractivity contribution >= 4 is 0 Å². The van der Waals surface area contributed by atoms with Gasteiger partial charge >= 0.3 is 0 Å². The van der Waals surface area contributed by atoms with Crippen molar-refractivity contribution < 1.29 is 14.2 Å². The highest BCUT2D eigenvalue weighted by atomic mass is 16.5. The fourth-order valence-electron chi connectivity index (χ4n) is 4.18. The smallest absolute Gasteiger partial charge is 0.161 e. The minimum absolute atomic E-state index is 0.00108. The quantitative estimate of drug-likeness (QED) is 0.715. The lowest BCUT2D eigenvalue weighted by molar-refractivity contribution is 0.286. The molecule has 0 aliphatic carbocycles. The van der Waals surface area contributed by atoms with Gasteiger partial charge in [0.05, 0.1) is 26.4 Å². The molecule has 0 spiro atoms. The Balaban J connectivity index is 2.18. The van der Waals surface area contributed by atoms with Crippen molar-refractivity contribution in [3.63, 3.8) is 0 Å². The molecule has 4 nitrogen and oxygen atoms in total. The molecule has 1 N–H and O–H groups in total. The maximum atomic E-state index is 5.97. The Morgan fingerprint density at radius 1 is 0.966 bits per heavy atom. The first kappa shape index (κ1) is 21.5. The van der Waals surface area contributed by atoms with Crippen LogP contribution < -0.4 is 19.5 Å². The fourth-order valence-corrected chi connectivity index (χ4v) is 4.18. The van der Waals surface area contributed by atoms with Gasteiger partial charge in [0.25, 0.3) is 0 Å². The summed E-state index contributed by atoms with van der Waals surface area (Å²) in [4.78, 5) is 0. The zero-order valence-electron chi connectivity index (χ0n) is 18.9. The SMILES string of the molecule is CCOc1cc2c(cc1OCC)C(c1cc(C)cc(C(C)(C)C)c1OC)NCC2. The molecule has 0 aromatic heterocycles. The van der Waals surface area contributed by atoms with Crippen LogP contribution >= 0.6 is 0 Å². The summed E-state index contributed by atoms with van der Waals surface area (Å²) in [5.74, 6) is 2.62. The minimum atomic E-state index is -0.00108. The second kappa shape index (κ2) is 8.66. The number of hydrogen-bond acceptors (Lipinski definition) is 4. The zero-order valence-corrected chi connectivity index (χ0v) is 18.9. The monoisotopic (exact) mass is 397 g/mol. The molecule has 1 unspecified atom stereocenters. The van der Waals surface area contributed by atoms with Gasteiger partial charge in [-0.2, -0.15) is 0 Å². The molecule has 2 aromatic rings. The number of rotatable bonds is 6. The van der Waals surface area contributed by atoms with Gasteiger partial charge in [0.2, 0.25) is 0 Å². The van der Waals surface area contributed by atoms with E-state index < -0.39 is 0 Å². The first-order valence-corrected chi connectivity index (χ1v) is 10.6. The summed E-state index contributed by atoms with van der Waals surface area (Å²) in [6.45, 7) is 15.0. The molecule has 0 saturated heterocycles. The van der Waals surface area contributed by atoms with E-state index >= 15 is 0 Å². The summed E-state index contributed by atoms with van der Waals surface area (Å²) < 4.78 is 17.7. The highest BCUT2D eigenvalue weighted by Crippen LogP contribution is 2.43. The Morgan fingerprint density at radius 3 is 2.21 bits per heavy atom. The Kier molecular flexibility index (Phi) is 6.42. The van der Waals surface area contributed by atoms with E-state index in [1.165, 1.54) is 27.8 Å². The van der Waals surface area contributed by atoms with Gasteiger partial charge in [-0.3, -0.25) is 0 Å². The second-order valence-corrected chi connectivity index (χ2v) is 8.69. The third-order valence-electron chi connectivity index (χ3n) is 5.44. The van der Waals surface area contributed by atoms with E-state index in [1.54, 1.807) is 7.11 Å². The van der Waals surface area contributed by atoms with Crippen LogP contribution in [0.25, 0.3) is 0 Å². The Labute approximate surface area is 175 Å². The van der Waals surface area contributed by atoms with Crippen LogP contribution in [0.15, 0.2) is 24.3 Å². The van der Waals surface area contributed by atoms with Gasteiger partial charge in [-0.1, -0.05) is 38.5 Å². The highest BCUT2D eigenvalue weighted by molar-refractivity contribution is 5.56. The lowest BCUT2D eigenvalue weighted by atomic mass is 9.81. The van der Waals surface area contributed by atoms with Crippen molar-refractivity contribution in [1.82, 2.24) is 5.32 Å². The molecule has 4 heteroatoms. The van der Waals surface area contributed by atoms with E-state index in [0.717, 1.165) is 30.2 Å². The molecule has 3 rings (SSSR count). The second-order valence-electron chi connectivity index (χ2n) is 8.69. The van der Waals surface area contributed by atoms with E-state index in [1.807, 2.05) is 13.8 Å². The molecule has 158 valence electrons. The van der Waals surface area contributed by atoms with E-state index in [0.29, 0.717) is 13.2 Å². The summed E-state index contributed by atoms with van der Waals surface area (Å²) in [6, 6.07) is 8.86.